The Labute approximate surface area is 68.2 Å². The molecule has 10 heavy (non-hydrogen) atoms. The first-order valence-corrected chi connectivity index (χ1v) is 3.74. The van der Waals surface area contributed by atoms with Crippen LogP contribution in [0, 0.1) is 6.17 Å². The van der Waals surface area contributed by atoms with Crippen LogP contribution in [0.5, 0.6) is 0 Å². The highest BCUT2D eigenvalue weighted by atomic mass is 79.9. The summed E-state index contributed by atoms with van der Waals surface area (Å²) in [5, 5.41) is 0. The van der Waals surface area contributed by atoms with Gasteiger partial charge in [0.05, 0.1) is 0 Å². The van der Waals surface area contributed by atoms with Crippen molar-refractivity contribution < 1.29 is 4.39 Å². The summed E-state index contributed by atoms with van der Waals surface area (Å²) in [5.74, 6) is 0. The van der Waals surface area contributed by atoms with Gasteiger partial charge < -0.3 is 0 Å². The lowest BCUT2D eigenvalue weighted by atomic mass is 10.1. The minimum absolute atomic E-state index is 0.146. The molecule has 0 heterocycles. The van der Waals surface area contributed by atoms with Gasteiger partial charge in [-0.15, -0.1) is 0 Å². The van der Waals surface area contributed by atoms with E-state index in [0.29, 0.717) is 5.56 Å². The Balaban J connectivity index is 2.89. The maximum absolute atomic E-state index is 12.5. The first kappa shape index (κ1) is 7.73. The fourth-order valence-corrected chi connectivity index (χ4v) is 0.944. The summed E-state index contributed by atoms with van der Waals surface area (Å²) in [7, 11) is 0. The van der Waals surface area contributed by atoms with E-state index < -0.39 is 0 Å². The Hall–Kier alpha value is -0.370. The Kier molecular flexibility index (Phi) is 2.44. The summed E-state index contributed by atoms with van der Waals surface area (Å²) in [6.07, 6.45) is -0.146. The average molecular weight is 202 g/mol. The molecule has 2 heteroatoms. The van der Waals surface area contributed by atoms with Crippen molar-refractivity contribution in [2.45, 2.75) is 6.92 Å². The van der Waals surface area contributed by atoms with Crippen molar-refractivity contribution in [1.29, 1.82) is 0 Å². The highest BCUT2D eigenvalue weighted by Crippen LogP contribution is 2.17. The molecule has 1 rings (SSSR count). The number of benzene rings is 1. The zero-order valence-corrected chi connectivity index (χ0v) is 7.15. The highest BCUT2D eigenvalue weighted by molar-refractivity contribution is 9.10. The lowest BCUT2D eigenvalue weighted by molar-refractivity contribution is 0.546. The molecule has 0 aromatic heterocycles. The van der Waals surface area contributed by atoms with E-state index in [9.17, 15) is 4.39 Å². The van der Waals surface area contributed by atoms with E-state index in [-0.39, 0.29) is 6.17 Å². The van der Waals surface area contributed by atoms with Gasteiger partial charge in [-0.2, -0.15) is 0 Å². The molecule has 0 unspecified atom stereocenters. The van der Waals surface area contributed by atoms with Gasteiger partial charge in [0.2, 0.25) is 0 Å². The van der Waals surface area contributed by atoms with Crippen LogP contribution in [0.3, 0.4) is 0 Å². The molecule has 53 valence electrons. The monoisotopic (exact) mass is 201 g/mol. The van der Waals surface area contributed by atoms with E-state index in [1.165, 1.54) is 6.92 Å². The third kappa shape index (κ3) is 1.81. The summed E-state index contributed by atoms with van der Waals surface area (Å²) in [5.41, 5.74) is 0.642. The quantitative estimate of drug-likeness (QED) is 0.655. The minimum Gasteiger partial charge on any atom is -0.235 e. The van der Waals surface area contributed by atoms with Crippen LogP contribution in [-0.4, -0.2) is 0 Å². The summed E-state index contributed by atoms with van der Waals surface area (Å²) in [4.78, 5) is 0. The van der Waals surface area contributed by atoms with Gasteiger partial charge in [0.1, 0.15) is 0 Å². The second-order valence-corrected chi connectivity index (χ2v) is 2.96. The van der Waals surface area contributed by atoms with Crippen LogP contribution in [0.15, 0.2) is 28.7 Å². The van der Waals surface area contributed by atoms with Crippen LogP contribution in [0.25, 0.3) is 0 Å². The van der Waals surface area contributed by atoms with Crippen LogP contribution in [-0.2, 0) is 0 Å². The molecular weight excluding hydrogens is 195 g/mol. The number of rotatable bonds is 1. The van der Waals surface area contributed by atoms with E-state index in [4.69, 9.17) is 0 Å². The fraction of sp³-hybridized carbons (Fsp3) is 0.125. The van der Waals surface area contributed by atoms with Gasteiger partial charge in [0.25, 0.3) is 0 Å². The van der Waals surface area contributed by atoms with Crippen LogP contribution < -0.4 is 0 Å². The van der Waals surface area contributed by atoms with E-state index in [2.05, 4.69) is 15.9 Å². The normalized spacial score (nSPS) is 10.4. The second-order valence-electron chi connectivity index (χ2n) is 2.04. The number of hydrogen-bond donors (Lipinski definition) is 0. The molecule has 0 amide bonds. The van der Waals surface area contributed by atoms with Gasteiger partial charge >= 0.3 is 0 Å². The van der Waals surface area contributed by atoms with Crippen molar-refractivity contribution >= 4 is 15.9 Å². The molecule has 0 nitrogen and oxygen atoms in total. The summed E-state index contributed by atoms with van der Waals surface area (Å²) in [6.45, 7) is 1.45. The van der Waals surface area contributed by atoms with E-state index in [1.54, 1.807) is 12.1 Å². The maximum atomic E-state index is 12.5. The van der Waals surface area contributed by atoms with E-state index in [0.717, 1.165) is 4.47 Å². The Bertz CT molecular complexity index is 203. The summed E-state index contributed by atoms with van der Waals surface area (Å²) >= 11 is 3.26. The SMILES string of the molecule is C[C](F)c1ccc(Br)cc1. The predicted molar refractivity (Wildman–Crippen MR) is 43.3 cm³/mol. The number of halogens is 2. The Morgan fingerprint density at radius 3 is 2.20 bits per heavy atom. The van der Waals surface area contributed by atoms with Crippen molar-refractivity contribution in [3.05, 3.63) is 40.5 Å². The van der Waals surface area contributed by atoms with Crippen LogP contribution in [0.1, 0.15) is 12.5 Å². The molecule has 0 aliphatic heterocycles. The van der Waals surface area contributed by atoms with Crippen molar-refractivity contribution in [3.63, 3.8) is 0 Å². The zero-order valence-electron chi connectivity index (χ0n) is 5.57. The van der Waals surface area contributed by atoms with Gasteiger partial charge in [-0.25, -0.2) is 4.39 Å². The van der Waals surface area contributed by atoms with Gasteiger partial charge in [-0.05, 0) is 24.6 Å². The smallest absolute Gasteiger partial charge is 0.170 e. The average Bonchev–Trinajstić information content (AvgIpc) is 1.88. The molecule has 0 saturated heterocycles. The molecule has 1 radical (unpaired) electrons. The molecule has 0 spiro atoms. The van der Waals surface area contributed by atoms with Crippen LogP contribution in [0.2, 0.25) is 0 Å². The molecule has 1 aromatic carbocycles. The maximum Gasteiger partial charge on any atom is 0.170 e. The molecular formula is C8H7BrF. The van der Waals surface area contributed by atoms with Crippen molar-refractivity contribution in [2.75, 3.05) is 0 Å². The largest absolute Gasteiger partial charge is 0.235 e. The van der Waals surface area contributed by atoms with Crippen LogP contribution >= 0.6 is 15.9 Å². The van der Waals surface area contributed by atoms with Crippen molar-refractivity contribution in [2.24, 2.45) is 0 Å². The molecule has 0 fully saturated rings. The molecule has 1 aromatic rings. The molecule has 0 aliphatic rings. The fourth-order valence-electron chi connectivity index (χ4n) is 0.680. The third-order valence-corrected chi connectivity index (χ3v) is 1.77. The zero-order chi connectivity index (χ0) is 7.56. The predicted octanol–water partition coefficient (Wildman–Crippen LogP) is 3.32. The Morgan fingerprint density at radius 2 is 1.80 bits per heavy atom. The van der Waals surface area contributed by atoms with Gasteiger partial charge in [-0.1, -0.05) is 28.1 Å². The van der Waals surface area contributed by atoms with Crippen molar-refractivity contribution in [3.8, 4) is 0 Å². The molecule has 0 saturated carbocycles. The molecule has 0 N–H and O–H groups in total. The molecule has 0 atom stereocenters. The first-order chi connectivity index (χ1) is 4.70. The molecule has 0 aliphatic carbocycles. The standard InChI is InChI=1S/C8H7BrF/c1-6(10)7-2-4-8(9)5-3-7/h2-5H,1H3. The highest BCUT2D eigenvalue weighted by Gasteiger charge is 2.01. The first-order valence-electron chi connectivity index (χ1n) is 2.95. The lowest BCUT2D eigenvalue weighted by Crippen LogP contribution is -1.83. The van der Waals surface area contributed by atoms with Crippen LogP contribution in [0.4, 0.5) is 4.39 Å². The van der Waals surface area contributed by atoms with E-state index >= 15 is 0 Å². The summed E-state index contributed by atoms with van der Waals surface area (Å²) < 4.78 is 13.4. The topological polar surface area (TPSA) is 0 Å². The van der Waals surface area contributed by atoms with Gasteiger partial charge in [0, 0.05) is 4.47 Å². The lowest BCUT2D eigenvalue weighted by Gasteiger charge is -1.98. The van der Waals surface area contributed by atoms with Gasteiger partial charge in [-0.3, -0.25) is 0 Å². The number of hydrogen-bond acceptors (Lipinski definition) is 0. The second kappa shape index (κ2) is 3.15. The van der Waals surface area contributed by atoms with E-state index in [1.807, 2.05) is 12.1 Å². The minimum atomic E-state index is -0.146. The Morgan fingerprint density at radius 1 is 1.30 bits per heavy atom. The van der Waals surface area contributed by atoms with Crippen molar-refractivity contribution in [1.82, 2.24) is 0 Å². The van der Waals surface area contributed by atoms with Gasteiger partial charge in [0.15, 0.2) is 6.17 Å². The third-order valence-electron chi connectivity index (χ3n) is 1.24. The molecule has 0 bridgehead atoms. The summed E-state index contributed by atoms with van der Waals surface area (Å²) in [6, 6.07) is 7.11.